The fraction of sp³-hybridized carbons (Fsp3) is 0.533. The van der Waals surface area contributed by atoms with Gasteiger partial charge in [-0.1, -0.05) is 30.1 Å². The second kappa shape index (κ2) is 7.87. The number of carbonyl (C=O) groups is 1. The predicted molar refractivity (Wildman–Crippen MR) is 88.3 cm³/mol. The number of nitrogens with one attached hydrogen (secondary N) is 2. The topological polar surface area (TPSA) is 44.4 Å². The van der Waals surface area contributed by atoms with Crippen molar-refractivity contribution in [1.82, 2.24) is 10.2 Å². The van der Waals surface area contributed by atoms with Gasteiger partial charge < -0.3 is 15.5 Å². The van der Waals surface area contributed by atoms with Crippen molar-refractivity contribution < 1.29 is 4.79 Å². The van der Waals surface area contributed by atoms with E-state index in [1.54, 1.807) is 18.2 Å². The van der Waals surface area contributed by atoms with Crippen LogP contribution in [-0.2, 0) is 0 Å². The first-order chi connectivity index (χ1) is 10.1. The zero-order chi connectivity index (χ0) is 15.2. The predicted octanol–water partition coefficient (Wildman–Crippen LogP) is 3.85. The van der Waals surface area contributed by atoms with Crippen LogP contribution < -0.4 is 10.6 Å². The molecule has 4 nitrogen and oxygen atoms in total. The van der Waals surface area contributed by atoms with Crippen molar-refractivity contribution in [3.63, 3.8) is 0 Å². The van der Waals surface area contributed by atoms with Gasteiger partial charge in [-0.15, -0.1) is 0 Å². The van der Waals surface area contributed by atoms with Crippen molar-refractivity contribution in [1.29, 1.82) is 0 Å². The van der Waals surface area contributed by atoms with Gasteiger partial charge in [0.1, 0.15) is 0 Å². The van der Waals surface area contributed by atoms with Gasteiger partial charge in [-0.3, -0.25) is 0 Å². The molecule has 21 heavy (non-hydrogen) atoms. The molecule has 0 radical (unpaired) electrons. The molecule has 6 heteroatoms. The first-order valence-corrected chi connectivity index (χ1v) is 8.07. The van der Waals surface area contributed by atoms with Crippen LogP contribution in [0.15, 0.2) is 18.2 Å². The van der Waals surface area contributed by atoms with E-state index in [0.29, 0.717) is 21.7 Å². The smallest absolute Gasteiger partial charge is 0.321 e. The molecule has 0 bridgehead atoms. The molecule has 0 aromatic heterocycles. The number of nitrogens with zero attached hydrogens (tertiary/aromatic N) is 1. The molecule has 1 aliphatic rings. The molecule has 1 aliphatic heterocycles. The lowest BCUT2D eigenvalue weighted by Gasteiger charge is -2.32. The second-order valence-electron chi connectivity index (χ2n) is 5.30. The van der Waals surface area contributed by atoms with Crippen LogP contribution in [0, 0.1) is 5.92 Å². The Morgan fingerprint density at radius 2 is 2.00 bits per heavy atom. The molecule has 116 valence electrons. The van der Waals surface area contributed by atoms with Crippen molar-refractivity contribution >= 4 is 34.9 Å². The lowest BCUT2D eigenvalue weighted by molar-refractivity contribution is 0.182. The monoisotopic (exact) mass is 329 g/mol. The Morgan fingerprint density at radius 1 is 1.29 bits per heavy atom. The zero-order valence-corrected chi connectivity index (χ0v) is 13.7. The van der Waals surface area contributed by atoms with E-state index in [0.717, 1.165) is 39.0 Å². The molecule has 1 fully saturated rings. The van der Waals surface area contributed by atoms with Gasteiger partial charge >= 0.3 is 6.03 Å². The molecule has 1 heterocycles. The number of hydrogen-bond donors (Lipinski definition) is 2. The summed E-state index contributed by atoms with van der Waals surface area (Å²) >= 11 is 11.8. The quantitative estimate of drug-likeness (QED) is 0.881. The largest absolute Gasteiger partial charge is 0.325 e. The van der Waals surface area contributed by atoms with Crippen LogP contribution in [-0.4, -0.2) is 37.1 Å². The summed E-state index contributed by atoms with van der Waals surface area (Å²) in [6.07, 6.45) is 2.09. The van der Waals surface area contributed by atoms with E-state index >= 15 is 0 Å². The molecule has 1 aromatic carbocycles. The lowest BCUT2D eigenvalue weighted by Crippen LogP contribution is -2.42. The van der Waals surface area contributed by atoms with Gasteiger partial charge in [0.15, 0.2) is 0 Å². The number of piperidine rings is 1. The summed E-state index contributed by atoms with van der Waals surface area (Å²) in [4.78, 5) is 14.1. The fourth-order valence-corrected chi connectivity index (χ4v) is 2.76. The number of anilines is 1. The highest BCUT2D eigenvalue weighted by atomic mass is 35.5. The third kappa shape index (κ3) is 4.77. The molecule has 0 unspecified atom stereocenters. The summed E-state index contributed by atoms with van der Waals surface area (Å²) in [5.41, 5.74) is 0.671. The van der Waals surface area contributed by atoms with Gasteiger partial charge in [-0.05, 0) is 50.0 Å². The summed E-state index contributed by atoms with van der Waals surface area (Å²) in [6.45, 7) is 5.74. The minimum absolute atomic E-state index is 0.0738. The van der Waals surface area contributed by atoms with E-state index in [1.165, 1.54) is 0 Å². The van der Waals surface area contributed by atoms with Gasteiger partial charge in [0.05, 0.1) is 10.0 Å². The van der Waals surface area contributed by atoms with Crippen LogP contribution in [0.2, 0.25) is 10.0 Å². The van der Waals surface area contributed by atoms with Gasteiger partial charge in [0, 0.05) is 18.8 Å². The average Bonchev–Trinajstić information content (AvgIpc) is 2.49. The van der Waals surface area contributed by atoms with Crippen molar-refractivity contribution in [3.8, 4) is 0 Å². The Morgan fingerprint density at radius 3 is 2.62 bits per heavy atom. The van der Waals surface area contributed by atoms with Crippen molar-refractivity contribution in [2.24, 2.45) is 5.92 Å². The standard InChI is InChI=1S/C15H21Cl2N3O/c1-2-18-10-11-5-7-20(8-6-11)15(21)19-12-3-4-13(16)14(17)9-12/h3-4,9,11,18H,2,5-8,10H2,1H3,(H,19,21). The van der Waals surface area contributed by atoms with Gasteiger partial charge in [0.25, 0.3) is 0 Å². The van der Waals surface area contributed by atoms with Gasteiger partial charge in [-0.2, -0.15) is 0 Å². The van der Waals surface area contributed by atoms with Crippen molar-refractivity contribution in [3.05, 3.63) is 28.2 Å². The molecule has 2 amide bonds. The van der Waals surface area contributed by atoms with E-state index in [-0.39, 0.29) is 6.03 Å². The number of carbonyl (C=O) groups excluding carboxylic acids is 1. The highest BCUT2D eigenvalue weighted by Gasteiger charge is 2.22. The van der Waals surface area contributed by atoms with Crippen LogP contribution in [0.4, 0.5) is 10.5 Å². The Labute approximate surface area is 135 Å². The summed E-state index contributed by atoms with van der Waals surface area (Å²) in [5.74, 6) is 0.666. The van der Waals surface area contributed by atoms with Gasteiger partial charge in [-0.25, -0.2) is 4.79 Å². The third-order valence-electron chi connectivity index (χ3n) is 3.76. The third-order valence-corrected chi connectivity index (χ3v) is 4.49. The minimum Gasteiger partial charge on any atom is -0.325 e. The summed E-state index contributed by atoms with van der Waals surface area (Å²) in [7, 11) is 0. The summed E-state index contributed by atoms with van der Waals surface area (Å²) in [5, 5.41) is 7.16. The molecular weight excluding hydrogens is 309 g/mol. The van der Waals surface area contributed by atoms with Crippen LogP contribution in [0.5, 0.6) is 0 Å². The number of hydrogen-bond acceptors (Lipinski definition) is 2. The Bertz CT molecular complexity index is 488. The number of rotatable bonds is 4. The van der Waals surface area contributed by atoms with E-state index in [1.807, 2.05) is 4.90 Å². The van der Waals surface area contributed by atoms with Crippen molar-refractivity contribution in [2.45, 2.75) is 19.8 Å². The molecule has 0 spiro atoms. The molecule has 0 saturated carbocycles. The van der Waals surface area contributed by atoms with E-state index in [2.05, 4.69) is 17.6 Å². The Balaban J connectivity index is 1.83. The number of benzene rings is 1. The molecule has 2 N–H and O–H groups in total. The van der Waals surface area contributed by atoms with Crippen LogP contribution in [0.3, 0.4) is 0 Å². The number of likely N-dealkylation sites (tertiary alicyclic amines) is 1. The fourth-order valence-electron chi connectivity index (χ4n) is 2.47. The molecule has 0 aliphatic carbocycles. The molecular formula is C15H21Cl2N3O. The number of amides is 2. The average molecular weight is 330 g/mol. The van der Waals surface area contributed by atoms with E-state index in [4.69, 9.17) is 23.2 Å². The molecule has 0 atom stereocenters. The molecule has 1 aromatic rings. The molecule has 2 rings (SSSR count). The first-order valence-electron chi connectivity index (χ1n) is 7.32. The lowest BCUT2D eigenvalue weighted by atomic mass is 9.97. The maximum Gasteiger partial charge on any atom is 0.321 e. The van der Waals surface area contributed by atoms with Crippen LogP contribution in [0.1, 0.15) is 19.8 Å². The zero-order valence-electron chi connectivity index (χ0n) is 12.2. The second-order valence-corrected chi connectivity index (χ2v) is 6.11. The number of urea groups is 1. The van der Waals surface area contributed by atoms with E-state index in [9.17, 15) is 4.79 Å². The highest BCUT2D eigenvalue weighted by Crippen LogP contribution is 2.25. The minimum atomic E-state index is -0.0738. The summed E-state index contributed by atoms with van der Waals surface area (Å²) < 4.78 is 0. The Hall–Kier alpha value is -0.970. The van der Waals surface area contributed by atoms with Crippen LogP contribution in [0.25, 0.3) is 0 Å². The molecule has 1 saturated heterocycles. The van der Waals surface area contributed by atoms with Gasteiger partial charge in [0.2, 0.25) is 0 Å². The normalized spacial score (nSPS) is 16.0. The van der Waals surface area contributed by atoms with Crippen molar-refractivity contribution in [2.75, 3.05) is 31.5 Å². The number of halogens is 2. The SMILES string of the molecule is CCNCC1CCN(C(=O)Nc2ccc(Cl)c(Cl)c2)CC1. The Kier molecular flexibility index (Phi) is 6.15. The maximum absolute atomic E-state index is 12.2. The van der Waals surface area contributed by atoms with E-state index < -0.39 is 0 Å². The van der Waals surface area contributed by atoms with Crippen LogP contribution >= 0.6 is 23.2 Å². The maximum atomic E-state index is 12.2. The summed E-state index contributed by atoms with van der Waals surface area (Å²) in [6, 6.07) is 5.03. The highest BCUT2D eigenvalue weighted by molar-refractivity contribution is 6.42. The first kappa shape index (κ1) is 16.4.